The molecule has 0 spiro atoms. The Labute approximate surface area is 161 Å². The minimum atomic E-state index is -0.977. The van der Waals surface area contributed by atoms with E-state index >= 15 is 0 Å². The molecule has 0 unspecified atom stereocenters. The average molecular weight is 393 g/mol. The molecule has 1 N–H and O–H groups in total. The van der Waals surface area contributed by atoms with E-state index in [0.717, 1.165) is 17.9 Å². The summed E-state index contributed by atoms with van der Waals surface area (Å²) in [4.78, 5) is 15.0. The zero-order valence-electron chi connectivity index (χ0n) is 15.0. The van der Waals surface area contributed by atoms with Crippen LogP contribution in [0.5, 0.6) is 5.75 Å². The van der Waals surface area contributed by atoms with Crippen molar-refractivity contribution in [2.24, 2.45) is 0 Å². The monoisotopic (exact) mass is 393 g/mol. The fourth-order valence-electron chi connectivity index (χ4n) is 2.77. The number of rotatable bonds is 8. The van der Waals surface area contributed by atoms with E-state index in [9.17, 15) is 13.6 Å². The van der Waals surface area contributed by atoms with Gasteiger partial charge in [0.15, 0.2) is 17.4 Å². The molecule has 3 rings (SSSR count). The normalized spacial score (nSPS) is 15.2. The molecule has 1 aromatic heterocycles. The van der Waals surface area contributed by atoms with Gasteiger partial charge in [0.05, 0.1) is 6.10 Å². The molecule has 1 atom stereocenters. The predicted molar refractivity (Wildman–Crippen MR) is 100 cm³/mol. The van der Waals surface area contributed by atoms with Crippen molar-refractivity contribution in [3.63, 3.8) is 0 Å². The van der Waals surface area contributed by atoms with Crippen LogP contribution in [-0.4, -0.2) is 27.4 Å². The second-order valence-corrected chi connectivity index (χ2v) is 7.95. The van der Waals surface area contributed by atoms with E-state index in [1.54, 1.807) is 37.0 Å². The van der Waals surface area contributed by atoms with Gasteiger partial charge in [-0.1, -0.05) is 12.5 Å². The topological polar surface area (TPSA) is 59.4 Å². The molecule has 144 valence electrons. The van der Waals surface area contributed by atoms with E-state index in [0.29, 0.717) is 16.4 Å². The molecule has 0 radical (unpaired) electrons. The highest BCUT2D eigenvalue weighted by molar-refractivity contribution is 8.00. The standard InChI is InChI=1S/C20H21F2NO3S/c1-12(7-8-18(24)25)26-19-16(21)10-13(11-17(19)22)15-6-3-9-23-20(15)27-14-4-2-5-14/h3,6,9-12,14H,2,4-5,7-8H2,1H3,(H,24,25)/t12-/m1/s1. The van der Waals surface area contributed by atoms with Crippen molar-refractivity contribution in [1.82, 2.24) is 4.98 Å². The van der Waals surface area contributed by atoms with Gasteiger partial charge in [0.25, 0.3) is 0 Å². The van der Waals surface area contributed by atoms with Crippen LogP contribution in [-0.2, 0) is 4.79 Å². The highest BCUT2D eigenvalue weighted by Crippen LogP contribution is 2.40. The maximum absolute atomic E-state index is 14.5. The largest absolute Gasteiger partial charge is 0.485 e. The molecule has 27 heavy (non-hydrogen) atoms. The van der Waals surface area contributed by atoms with Crippen molar-refractivity contribution in [1.29, 1.82) is 0 Å². The smallest absolute Gasteiger partial charge is 0.303 e. The molecular formula is C20H21F2NO3S. The first-order valence-corrected chi connectivity index (χ1v) is 9.81. The molecule has 0 saturated heterocycles. The third kappa shape index (κ3) is 4.97. The first kappa shape index (κ1) is 19.6. The maximum atomic E-state index is 14.5. The van der Waals surface area contributed by atoms with Crippen LogP contribution in [0.25, 0.3) is 11.1 Å². The Hall–Kier alpha value is -2.15. The van der Waals surface area contributed by atoms with Crippen LogP contribution in [0, 0.1) is 11.6 Å². The van der Waals surface area contributed by atoms with Gasteiger partial charge in [-0.25, -0.2) is 13.8 Å². The van der Waals surface area contributed by atoms with Crippen molar-refractivity contribution in [2.45, 2.75) is 55.4 Å². The summed E-state index contributed by atoms with van der Waals surface area (Å²) in [5.41, 5.74) is 1.10. The number of carbonyl (C=O) groups is 1. The lowest BCUT2D eigenvalue weighted by molar-refractivity contribution is -0.137. The number of aromatic nitrogens is 1. The van der Waals surface area contributed by atoms with Crippen molar-refractivity contribution in [3.8, 4) is 16.9 Å². The Morgan fingerprint density at radius 3 is 2.67 bits per heavy atom. The lowest BCUT2D eigenvalue weighted by atomic mass is 10.00. The molecule has 1 aromatic carbocycles. The SMILES string of the molecule is C[C@H](CCC(=O)O)Oc1c(F)cc(-c2cccnc2SC2CCC2)cc1F. The van der Waals surface area contributed by atoms with E-state index in [1.165, 1.54) is 18.6 Å². The third-order valence-corrected chi connectivity index (χ3v) is 5.85. The minimum absolute atomic E-state index is 0.125. The number of aliphatic carboxylic acids is 1. The summed E-state index contributed by atoms with van der Waals surface area (Å²) >= 11 is 1.64. The number of benzene rings is 1. The number of ether oxygens (including phenoxy) is 1. The van der Waals surface area contributed by atoms with Gasteiger partial charge in [-0.05, 0) is 49.9 Å². The fraction of sp³-hybridized carbons (Fsp3) is 0.400. The molecule has 4 nitrogen and oxygen atoms in total. The Morgan fingerprint density at radius 2 is 2.07 bits per heavy atom. The highest BCUT2D eigenvalue weighted by Gasteiger charge is 2.22. The number of hydrogen-bond donors (Lipinski definition) is 1. The summed E-state index contributed by atoms with van der Waals surface area (Å²) in [5, 5.41) is 9.97. The van der Waals surface area contributed by atoms with E-state index in [2.05, 4.69) is 4.98 Å². The van der Waals surface area contributed by atoms with Gasteiger partial charge in [0.1, 0.15) is 5.03 Å². The Kier molecular flexibility index (Phi) is 6.31. The molecule has 0 amide bonds. The van der Waals surface area contributed by atoms with Crippen molar-refractivity contribution in [2.75, 3.05) is 0 Å². The number of nitrogens with zero attached hydrogens (tertiary/aromatic N) is 1. The second-order valence-electron chi connectivity index (χ2n) is 6.66. The van der Waals surface area contributed by atoms with Crippen molar-refractivity contribution >= 4 is 17.7 Å². The van der Waals surface area contributed by atoms with Crippen LogP contribution in [0.2, 0.25) is 0 Å². The summed E-state index contributed by atoms with van der Waals surface area (Å²) in [6.45, 7) is 1.59. The predicted octanol–water partition coefficient (Wildman–Crippen LogP) is 5.30. The minimum Gasteiger partial charge on any atom is -0.485 e. The molecule has 0 aliphatic heterocycles. The Balaban J connectivity index is 1.81. The van der Waals surface area contributed by atoms with Crippen LogP contribution < -0.4 is 4.74 Å². The van der Waals surface area contributed by atoms with Crippen LogP contribution in [0.4, 0.5) is 8.78 Å². The first-order valence-electron chi connectivity index (χ1n) is 8.93. The van der Waals surface area contributed by atoms with Crippen LogP contribution in [0.15, 0.2) is 35.5 Å². The van der Waals surface area contributed by atoms with E-state index in [-0.39, 0.29) is 12.8 Å². The van der Waals surface area contributed by atoms with E-state index in [4.69, 9.17) is 9.84 Å². The average Bonchev–Trinajstić information content (AvgIpc) is 2.59. The van der Waals surface area contributed by atoms with Gasteiger partial charge in [0.2, 0.25) is 0 Å². The van der Waals surface area contributed by atoms with E-state index < -0.39 is 29.5 Å². The lowest BCUT2D eigenvalue weighted by Gasteiger charge is -2.25. The number of thioether (sulfide) groups is 1. The number of halogens is 2. The van der Waals surface area contributed by atoms with Crippen molar-refractivity contribution < 1.29 is 23.4 Å². The van der Waals surface area contributed by atoms with Gasteiger partial charge in [-0.2, -0.15) is 0 Å². The summed E-state index contributed by atoms with van der Waals surface area (Å²) < 4.78 is 34.3. The summed E-state index contributed by atoms with van der Waals surface area (Å²) in [5.74, 6) is -3.07. The molecule has 7 heteroatoms. The van der Waals surface area contributed by atoms with Crippen LogP contribution in [0.1, 0.15) is 39.0 Å². The molecule has 1 fully saturated rings. The van der Waals surface area contributed by atoms with Gasteiger partial charge in [-0.3, -0.25) is 4.79 Å². The first-order chi connectivity index (χ1) is 12.9. The molecular weight excluding hydrogens is 372 g/mol. The lowest BCUT2D eigenvalue weighted by Crippen LogP contribution is -2.15. The van der Waals surface area contributed by atoms with Crippen LogP contribution >= 0.6 is 11.8 Å². The number of carboxylic acids is 1. The molecule has 1 heterocycles. The second kappa shape index (κ2) is 8.69. The molecule has 1 saturated carbocycles. The number of carboxylic acid groups (broad SMARTS) is 1. The quantitative estimate of drug-likeness (QED) is 0.659. The summed E-state index contributed by atoms with van der Waals surface area (Å²) in [7, 11) is 0. The molecule has 0 bridgehead atoms. The van der Waals surface area contributed by atoms with Gasteiger partial charge in [0, 0.05) is 23.4 Å². The fourth-order valence-corrected chi connectivity index (χ4v) is 4.09. The zero-order valence-corrected chi connectivity index (χ0v) is 15.8. The Morgan fingerprint density at radius 1 is 1.37 bits per heavy atom. The zero-order chi connectivity index (χ0) is 19.4. The third-order valence-electron chi connectivity index (χ3n) is 4.49. The maximum Gasteiger partial charge on any atom is 0.303 e. The Bertz CT molecular complexity index is 804. The number of pyridine rings is 1. The summed E-state index contributed by atoms with van der Waals surface area (Å²) in [6, 6.07) is 6.03. The molecule has 2 aromatic rings. The van der Waals surface area contributed by atoms with Crippen LogP contribution in [0.3, 0.4) is 0 Å². The van der Waals surface area contributed by atoms with Gasteiger partial charge >= 0.3 is 5.97 Å². The van der Waals surface area contributed by atoms with Gasteiger partial charge < -0.3 is 9.84 Å². The number of hydrogen-bond acceptors (Lipinski definition) is 4. The van der Waals surface area contributed by atoms with E-state index in [1.807, 2.05) is 0 Å². The molecule has 1 aliphatic carbocycles. The summed E-state index contributed by atoms with van der Waals surface area (Å²) in [6.07, 6.45) is 4.57. The molecule has 1 aliphatic rings. The van der Waals surface area contributed by atoms with Gasteiger partial charge in [-0.15, -0.1) is 11.8 Å². The highest BCUT2D eigenvalue weighted by atomic mass is 32.2. The van der Waals surface area contributed by atoms with Crippen molar-refractivity contribution in [3.05, 3.63) is 42.1 Å².